The molecule has 0 spiro atoms. The van der Waals surface area contributed by atoms with Gasteiger partial charge in [-0.15, -0.1) is 0 Å². The maximum absolute atomic E-state index is 5.41. The fourth-order valence-electron chi connectivity index (χ4n) is 1.71. The van der Waals surface area contributed by atoms with Gasteiger partial charge in [0, 0.05) is 19.6 Å². The van der Waals surface area contributed by atoms with Gasteiger partial charge >= 0.3 is 0 Å². The molecule has 19 heavy (non-hydrogen) atoms. The van der Waals surface area contributed by atoms with Crippen LogP contribution >= 0.6 is 0 Å². The first-order valence-electron chi connectivity index (χ1n) is 6.43. The van der Waals surface area contributed by atoms with Gasteiger partial charge in [-0.2, -0.15) is 4.98 Å². The maximum atomic E-state index is 5.41. The van der Waals surface area contributed by atoms with E-state index in [-0.39, 0.29) is 0 Å². The number of aromatic nitrogens is 2. The average molecular weight is 262 g/mol. The van der Waals surface area contributed by atoms with E-state index < -0.39 is 6.29 Å². The summed E-state index contributed by atoms with van der Waals surface area (Å²) in [6, 6.07) is 10.0. The molecule has 0 N–H and O–H groups in total. The Hall–Kier alpha value is -1.72. The van der Waals surface area contributed by atoms with E-state index in [0.29, 0.717) is 31.3 Å². The van der Waals surface area contributed by atoms with E-state index in [1.165, 1.54) is 0 Å². The van der Waals surface area contributed by atoms with E-state index in [4.69, 9.17) is 14.0 Å². The first-order valence-corrected chi connectivity index (χ1v) is 6.43. The molecule has 0 atom stereocenters. The van der Waals surface area contributed by atoms with Crippen LogP contribution in [0.4, 0.5) is 0 Å². The summed E-state index contributed by atoms with van der Waals surface area (Å²) in [5, 5.41) is 3.95. The van der Waals surface area contributed by atoms with Crippen molar-refractivity contribution >= 4 is 0 Å². The molecule has 0 saturated heterocycles. The zero-order valence-corrected chi connectivity index (χ0v) is 11.2. The van der Waals surface area contributed by atoms with Crippen LogP contribution in [0.15, 0.2) is 34.9 Å². The minimum absolute atomic E-state index is 0.370. The number of benzene rings is 1. The van der Waals surface area contributed by atoms with Crippen LogP contribution in [0.25, 0.3) is 0 Å². The molecule has 5 heteroatoms. The van der Waals surface area contributed by atoms with Crippen LogP contribution in [-0.2, 0) is 15.9 Å². The van der Waals surface area contributed by atoms with Gasteiger partial charge in [0.05, 0.1) is 0 Å². The number of rotatable bonds is 7. The van der Waals surface area contributed by atoms with Crippen LogP contribution < -0.4 is 0 Å². The summed E-state index contributed by atoms with van der Waals surface area (Å²) in [6.45, 7) is 4.85. The number of hydrogen-bond donors (Lipinski definition) is 0. The van der Waals surface area contributed by atoms with Gasteiger partial charge in [-0.1, -0.05) is 35.5 Å². The van der Waals surface area contributed by atoms with Crippen LogP contribution in [0.1, 0.15) is 37.4 Å². The smallest absolute Gasteiger partial charge is 0.283 e. The molecule has 1 heterocycles. The molecular weight excluding hydrogens is 244 g/mol. The lowest BCUT2D eigenvalue weighted by Gasteiger charge is -2.11. The van der Waals surface area contributed by atoms with Crippen molar-refractivity contribution in [3.05, 3.63) is 47.6 Å². The van der Waals surface area contributed by atoms with E-state index in [1.54, 1.807) is 0 Å². The van der Waals surface area contributed by atoms with Gasteiger partial charge in [0.2, 0.25) is 6.29 Å². The predicted octanol–water partition coefficient (Wildman–Crippen LogP) is 2.73. The zero-order chi connectivity index (χ0) is 13.5. The molecule has 102 valence electrons. The molecule has 0 saturated carbocycles. The quantitative estimate of drug-likeness (QED) is 0.718. The zero-order valence-electron chi connectivity index (χ0n) is 11.2. The monoisotopic (exact) mass is 262 g/mol. The Morgan fingerprint density at radius 1 is 1.11 bits per heavy atom. The molecule has 0 radical (unpaired) electrons. The van der Waals surface area contributed by atoms with Gasteiger partial charge in [-0.05, 0) is 19.4 Å². The van der Waals surface area contributed by atoms with Crippen molar-refractivity contribution in [3.63, 3.8) is 0 Å². The molecule has 2 rings (SSSR count). The van der Waals surface area contributed by atoms with E-state index in [2.05, 4.69) is 10.1 Å². The summed E-state index contributed by atoms with van der Waals surface area (Å²) >= 11 is 0. The summed E-state index contributed by atoms with van der Waals surface area (Å²) in [7, 11) is 0. The highest BCUT2D eigenvalue weighted by molar-refractivity contribution is 5.18. The molecule has 0 unspecified atom stereocenters. The average Bonchev–Trinajstić information content (AvgIpc) is 2.88. The van der Waals surface area contributed by atoms with Crippen LogP contribution in [0.3, 0.4) is 0 Å². The summed E-state index contributed by atoms with van der Waals surface area (Å²) in [4.78, 5) is 4.32. The second kappa shape index (κ2) is 7.01. The molecule has 0 aliphatic heterocycles. The minimum atomic E-state index is -0.577. The molecule has 0 fully saturated rings. The third-order valence-electron chi connectivity index (χ3n) is 2.53. The van der Waals surface area contributed by atoms with Crippen molar-refractivity contribution in [2.45, 2.75) is 26.6 Å². The molecule has 1 aromatic heterocycles. The van der Waals surface area contributed by atoms with E-state index in [0.717, 1.165) is 5.56 Å². The lowest BCUT2D eigenvalue weighted by atomic mass is 10.1. The van der Waals surface area contributed by atoms with Crippen molar-refractivity contribution in [3.8, 4) is 0 Å². The van der Waals surface area contributed by atoms with Crippen molar-refractivity contribution in [1.82, 2.24) is 10.1 Å². The number of nitrogens with zero attached hydrogens (tertiary/aromatic N) is 2. The molecule has 5 nitrogen and oxygen atoms in total. The van der Waals surface area contributed by atoms with Gasteiger partial charge in [0.1, 0.15) is 0 Å². The number of hydrogen-bond acceptors (Lipinski definition) is 5. The van der Waals surface area contributed by atoms with Gasteiger partial charge in [-0.25, -0.2) is 0 Å². The van der Waals surface area contributed by atoms with E-state index >= 15 is 0 Å². The Labute approximate surface area is 112 Å². The highest BCUT2D eigenvalue weighted by atomic mass is 16.7. The molecule has 1 aromatic carbocycles. The second-order valence-electron chi connectivity index (χ2n) is 3.95. The Bertz CT molecular complexity index is 478. The Balaban J connectivity index is 2.05. The Kier molecular flexibility index (Phi) is 5.06. The van der Waals surface area contributed by atoms with Crippen molar-refractivity contribution in [2.75, 3.05) is 13.2 Å². The van der Waals surface area contributed by atoms with Crippen LogP contribution in [0.5, 0.6) is 0 Å². The highest BCUT2D eigenvalue weighted by Crippen LogP contribution is 2.17. The van der Waals surface area contributed by atoms with Gasteiger partial charge in [0.25, 0.3) is 5.89 Å². The SMILES string of the molecule is CCOC(OCC)c1nc(Cc2ccccc2)no1. The van der Waals surface area contributed by atoms with E-state index in [9.17, 15) is 0 Å². The normalized spacial score (nSPS) is 11.1. The summed E-state index contributed by atoms with van der Waals surface area (Å²) in [6.07, 6.45) is 0.0574. The highest BCUT2D eigenvalue weighted by Gasteiger charge is 2.19. The summed E-state index contributed by atoms with van der Waals surface area (Å²) in [5.74, 6) is 1.00. The third-order valence-corrected chi connectivity index (χ3v) is 2.53. The van der Waals surface area contributed by atoms with Crippen LogP contribution in [0.2, 0.25) is 0 Å². The third kappa shape index (κ3) is 3.87. The van der Waals surface area contributed by atoms with Crippen LogP contribution in [-0.4, -0.2) is 23.4 Å². The maximum Gasteiger partial charge on any atom is 0.283 e. The largest absolute Gasteiger partial charge is 0.345 e. The fourth-order valence-corrected chi connectivity index (χ4v) is 1.71. The van der Waals surface area contributed by atoms with E-state index in [1.807, 2.05) is 44.2 Å². The first-order chi connectivity index (χ1) is 9.33. The summed E-state index contributed by atoms with van der Waals surface area (Å²) < 4.78 is 16.0. The van der Waals surface area contributed by atoms with Gasteiger partial charge in [0.15, 0.2) is 5.82 Å². The Morgan fingerprint density at radius 3 is 2.42 bits per heavy atom. The topological polar surface area (TPSA) is 57.4 Å². The predicted molar refractivity (Wildman–Crippen MR) is 69.5 cm³/mol. The molecule has 0 aliphatic carbocycles. The van der Waals surface area contributed by atoms with Crippen LogP contribution in [0, 0.1) is 0 Å². The standard InChI is InChI=1S/C14H18N2O3/c1-3-17-14(18-4-2)13-15-12(16-19-13)10-11-8-6-5-7-9-11/h5-9,14H,3-4,10H2,1-2H3. The fraction of sp³-hybridized carbons (Fsp3) is 0.429. The minimum Gasteiger partial charge on any atom is -0.345 e. The molecule has 0 amide bonds. The van der Waals surface area contributed by atoms with Gasteiger partial charge < -0.3 is 14.0 Å². The Morgan fingerprint density at radius 2 is 1.79 bits per heavy atom. The lowest BCUT2D eigenvalue weighted by molar-refractivity contribution is -0.155. The van der Waals surface area contributed by atoms with Crippen molar-refractivity contribution < 1.29 is 14.0 Å². The summed E-state index contributed by atoms with van der Waals surface area (Å²) in [5.41, 5.74) is 1.14. The van der Waals surface area contributed by atoms with Crippen molar-refractivity contribution in [1.29, 1.82) is 0 Å². The van der Waals surface area contributed by atoms with Crippen molar-refractivity contribution in [2.24, 2.45) is 0 Å². The lowest BCUT2D eigenvalue weighted by Crippen LogP contribution is -2.09. The molecule has 0 bridgehead atoms. The molecule has 0 aliphatic rings. The van der Waals surface area contributed by atoms with Gasteiger partial charge in [-0.3, -0.25) is 0 Å². The molecular formula is C14H18N2O3. The second-order valence-corrected chi connectivity index (χ2v) is 3.95. The number of ether oxygens (including phenoxy) is 2. The molecule has 2 aromatic rings. The first kappa shape index (κ1) is 13.7.